The van der Waals surface area contributed by atoms with Gasteiger partial charge >= 0.3 is 0 Å². The molecular formula is C15H27N3O2. The van der Waals surface area contributed by atoms with Gasteiger partial charge in [0.2, 0.25) is 5.71 Å². The molecule has 20 heavy (non-hydrogen) atoms. The normalized spacial score (nSPS) is 11.1. The summed E-state index contributed by atoms with van der Waals surface area (Å²) in [6.07, 6.45) is 12.5. The molecule has 0 saturated carbocycles. The maximum atomic E-state index is 10.7. The lowest BCUT2D eigenvalue weighted by Crippen LogP contribution is -2.21. The van der Waals surface area contributed by atoms with Crippen LogP contribution >= 0.6 is 0 Å². The third-order valence-corrected chi connectivity index (χ3v) is 3.08. The van der Waals surface area contributed by atoms with Gasteiger partial charge in [0.05, 0.1) is 0 Å². The monoisotopic (exact) mass is 281 g/mol. The van der Waals surface area contributed by atoms with E-state index in [0.717, 1.165) is 12.8 Å². The van der Waals surface area contributed by atoms with Crippen molar-refractivity contribution < 1.29 is 9.63 Å². The Morgan fingerprint density at radius 3 is 2.00 bits per heavy atom. The lowest BCUT2D eigenvalue weighted by molar-refractivity contribution is -0.112. The summed E-state index contributed by atoms with van der Waals surface area (Å²) < 4.78 is 0. The van der Waals surface area contributed by atoms with Crippen LogP contribution in [0.4, 0.5) is 0 Å². The van der Waals surface area contributed by atoms with Crippen LogP contribution in [0.3, 0.4) is 0 Å². The van der Waals surface area contributed by atoms with Gasteiger partial charge in [0.1, 0.15) is 12.7 Å². The molecule has 0 saturated heterocycles. The minimum atomic E-state index is -0.851. The summed E-state index contributed by atoms with van der Waals surface area (Å²) >= 11 is 0. The fourth-order valence-corrected chi connectivity index (χ4v) is 1.88. The van der Waals surface area contributed by atoms with Crippen LogP contribution in [0.15, 0.2) is 5.16 Å². The first-order valence-corrected chi connectivity index (χ1v) is 7.62. The summed E-state index contributed by atoms with van der Waals surface area (Å²) in [5.41, 5.74) is 4.54. The second-order valence-electron chi connectivity index (χ2n) is 4.93. The Morgan fingerprint density at radius 2 is 1.55 bits per heavy atom. The molecule has 0 spiro atoms. The second kappa shape index (κ2) is 13.9. The topological polar surface area (TPSA) is 88.5 Å². The first-order valence-electron chi connectivity index (χ1n) is 7.62. The molecule has 0 aliphatic carbocycles. The quantitative estimate of drug-likeness (QED) is 0.319. The van der Waals surface area contributed by atoms with E-state index in [4.69, 9.17) is 15.8 Å². The summed E-state index contributed by atoms with van der Waals surface area (Å²) in [6, 6.07) is 1.59. The zero-order chi connectivity index (χ0) is 15.1. The molecular weight excluding hydrogens is 254 g/mol. The number of primary amides is 1. The Hall–Kier alpha value is -1.57. The van der Waals surface area contributed by atoms with Crippen LogP contribution in [-0.2, 0) is 9.63 Å². The molecule has 2 N–H and O–H groups in total. The molecule has 0 aromatic carbocycles. The van der Waals surface area contributed by atoms with E-state index in [2.05, 4.69) is 12.1 Å². The van der Waals surface area contributed by atoms with Crippen molar-refractivity contribution in [2.45, 2.75) is 71.1 Å². The Kier molecular flexibility index (Phi) is 12.8. The fraction of sp³-hybridized carbons (Fsp3) is 0.800. The standard InChI is InChI=1S/C15H27N3O2/c1-2-3-4-5-6-7-8-9-10-11-12-20-18-14(13-16)15(17)19/h2-12H2,1H3,(H2,17,19)/b18-14+. The zero-order valence-electron chi connectivity index (χ0n) is 12.6. The molecule has 0 aromatic heterocycles. The zero-order valence-corrected chi connectivity index (χ0v) is 12.6. The number of nitrogens with two attached hydrogens (primary N) is 1. The van der Waals surface area contributed by atoms with Gasteiger partial charge in [-0.1, -0.05) is 63.4 Å². The van der Waals surface area contributed by atoms with Crippen molar-refractivity contribution in [1.82, 2.24) is 0 Å². The number of oxime groups is 1. The van der Waals surface area contributed by atoms with E-state index in [-0.39, 0.29) is 5.71 Å². The number of nitrogens with zero attached hydrogens (tertiary/aromatic N) is 2. The molecule has 0 bridgehead atoms. The summed E-state index contributed by atoms with van der Waals surface area (Å²) in [5.74, 6) is -0.851. The molecule has 0 fully saturated rings. The van der Waals surface area contributed by atoms with Gasteiger partial charge in [0.25, 0.3) is 5.91 Å². The van der Waals surface area contributed by atoms with Crippen molar-refractivity contribution in [3.05, 3.63) is 0 Å². The number of amides is 1. The molecule has 0 radical (unpaired) electrons. The number of rotatable bonds is 13. The van der Waals surface area contributed by atoms with E-state index < -0.39 is 5.91 Å². The third-order valence-electron chi connectivity index (χ3n) is 3.08. The predicted octanol–water partition coefficient (Wildman–Crippen LogP) is 3.29. The molecule has 0 heterocycles. The summed E-state index contributed by atoms with van der Waals surface area (Å²) in [7, 11) is 0. The Bertz CT molecular complexity index is 322. The average Bonchev–Trinajstić information content (AvgIpc) is 2.43. The maximum Gasteiger partial charge on any atom is 0.281 e. The molecule has 0 aliphatic rings. The smallest absolute Gasteiger partial charge is 0.281 e. The van der Waals surface area contributed by atoms with Crippen molar-refractivity contribution in [3.63, 3.8) is 0 Å². The van der Waals surface area contributed by atoms with E-state index in [9.17, 15) is 4.79 Å². The minimum absolute atomic E-state index is 0.378. The van der Waals surface area contributed by atoms with Crippen LogP contribution in [0.5, 0.6) is 0 Å². The first-order chi connectivity index (χ1) is 9.72. The summed E-state index contributed by atoms with van der Waals surface area (Å²) in [4.78, 5) is 15.5. The third kappa shape index (κ3) is 11.5. The molecule has 0 atom stereocenters. The molecule has 1 amide bonds. The van der Waals surface area contributed by atoms with Gasteiger partial charge in [0.15, 0.2) is 0 Å². The number of carbonyl (C=O) groups is 1. The maximum absolute atomic E-state index is 10.7. The Balaban J connectivity index is 3.29. The van der Waals surface area contributed by atoms with Crippen LogP contribution in [0, 0.1) is 11.3 Å². The molecule has 0 rings (SSSR count). The Labute approximate surface area is 122 Å². The van der Waals surface area contributed by atoms with Crippen molar-refractivity contribution >= 4 is 11.6 Å². The van der Waals surface area contributed by atoms with E-state index in [1.54, 1.807) is 6.07 Å². The number of unbranched alkanes of at least 4 members (excludes halogenated alkanes) is 9. The SMILES string of the molecule is CCCCCCCCCCCCO/N=C(\C#N)C(N)=O. The van der Waals surface area contributed by atoms with Gasteiger partial charge in [0, 0.05) is 0 Å². The van der Waals surface area contributed by atoms with Crippen LogP contribution in [-0.4, -0.2) is 18.2 Å². The first kappa shape index (κ1) is 18.4. The summed E-state index contributed by atoms with van der Waals surface area (Å²) in [5, 5.41) is 11.9. The average molecular weight is 281 g/mol. The van der Waals surface area contributed by atoms with E-state index in [1.807, 2.05) is 0 Å². The van der Waals surface area contributed by atoms with Gasteiger partial charge in [-0.2, -0.15) is 5.26 Å². The van der Waals surface area contributed by atoms with Crippen molar-refractivity contribution in [1.29, 1.82) is 5.26 Å². The molecule has 114 valence electrons. The molecule has 0 aromatic rings. The number of hydrogen-bond donors (Lipinski definition) is 1. The van der Waals surface area contributed by atoms with E-state index >= 15 is 0 Å². The van der Waals surface area contributed by atoms with Gasteiger partial charge in [-0.3, -0.25) is 4.79 Å². The molecule has 0 aliphatic heterocycles. The molecule has 0 unspecified atom stereocenters. The number of hydrogen-bond acceptors (Lipinski definition) is 4. The second-order valence-corrected chi connectivity index (χ2v) is 4.93. The van der Waals surface area contributed by atoms with Gasteiger partial charge < -0.3 is 10.6 Å². The van der Waals surface area contributed by atoms with E-state index in [1.165, 1.54) is 51.4 Å². The predicted molar refractivity (Wildman–Crippen MR) is 80.0 cm³/mol. The minimum Gasteiger partial charge on any atom is -0.395 e. The van der Waals surface area contributed by atoms with Crippen molar-refractivity contribution in [2.24, 2.45) is 10.9 Å². The highest BCUT2D eigenvalue weighted by atomic mass is 16.6. The van der Waals surface area contributed by atoms with Crippen LogP contribution < -0.4 is 5.73 Å². The lowest BCUT2D eigenvalue weighted by Gasteiger charge is -2.02. The molecule has 5 nitrogen and oxygen atoms in total. The van der Waals surface area contributed by atoms with Crippen molar-refractivity contribution in [2.75, 3.05) is 6.61 Å². The molecule has 5 heteroatoms. The van der Waals surface area contributed by atoms with Crippen LogP contribution in [0.1, 0.15) is 71.1 Å². The highest BCUT2D eigenvalue weighted by Crippen LogP contribution is 2.10. The van der Waals surface area contributed by atoms with Gasteiger partial charge in [-0.25, -0.2) is 0 Å². The van der Waals surface area contributed by atoms with Gasteiger partial charge in [-0.05, 0) is 12.8 Å². The lowest BCUT2D eigenvalue weighted by atomic mass is 10.1. The van der Waals surface area contributed by atoms with Gasteiger partial charge in [-0.15, -0.1) is 0 Å². The highest BCUT2D eigenvalue weighted by Gasteiger charge is 2.05. The summed E-state index contributed by atoms with van der Waals surface area (Å²) in [6.45, 7) is 2.66. The highest BCUT2D eigenvalue weighted by molar-refractivity contribution is 6.44. The van der Waals surface area contributed by atoms with Crippen LogP contribution in [0.2, 0.25) is 0 Å². The van der Waals surface area contributed by atoms with Crippen molar-refractivity contribution in [3.8, 4) is 6.07 Å². The number of nitriles is 1. The van der Waals surface area contributed by atoms with E-state index in [0.29, 0.717) is 6.61 Å². The Morgan fingerprint density at radius 1 is 1.05 bits per heavy atom. The largest absolute Gasteiger partial charge is 0.395 e. The fourth-order valence-electron chi connectivity index (χ4n) is 1.88. The number of carbonyl (C=O) groups excluding carboxylic acids is 1. The van der Waals surface area contributed by atoms with Crippen LogP contribution in [0.25, 0.3) is 0 Å².